The van der Waals surface area contributed by atoms with E-state index in [4.69, 9.17) is 21.1 Å². The van der Waals surface area contributed by atoms with Crippen molar-refractivity contribution in [2.75, 3.05) is 18.5 Å². The molecule has 38 heavy (non-hydrogen) atoms. The lowest BCUT2D eigenvalue weighted by Crippen LogP contribution is -2.36. The second-order valence-corrected chi connectivity index (χ2v) is 10.8. The van der Waals surface area contributed by atoms with Gasteiger partial charge in [-0.05, 0) is 90.5 Å². The summed E-state index contributed by atoms with van der Waals surface area (Å²) in [5.74, 6) is 0.160. The second-order valence-electron chi connectivity index (χ2n) is 9.50. The van der Waals surface area contributed by atoms with Crippen molar-refractivity contribution in [1.82, 2.24) is 5.32 Å². The van der Waals surface area contributed by atoms with E-state index in [-0.39, 0.29) is 24.1 Å². The zero-order valence-corrected chi connectivity index (χ0v) is 23.3. The summed E-state index contributed by atoms with van der Waals surface area (Å²) in [5.41, 5.74) is 4.59. The molecule has 0 saturated carbocycles. The number of benzene rings is 2. The third kappa shape index (κ3) is 5.38. The molecule has 2 aliphatic carbocycles. The van der Waals surface area contributed by atoms with E-state index in [0.717, 1.165) is 42.6 Å². The highest BCUT2D eigenvalue weighted by atomic mass is 79.9. The number of hydrogen-bond donors (Lipinski definition) is 2. The SMILES string of the molecule is CCOc1cc(C2C3=C(CCCC3=O)NC3=C2C(=O)CCC3)cc(Br)c1OCC(=O)Nc1ccc(Cl)cc1. The van der Waals surface area contributed by atoms with Crippen LogP contribution in [0.3, 0.4) is 0 Å². The number of carbonyl (C=O) groups excluding carboxylic acids is 3. The molecule has 3 aliphatic rings. The average Bonchev–Trinajstić information content (AvgIpc) is 2.89. The Morgan fingerprint density at radius 3 is 2.24 bits per heavy atom. The smallest absolute Gasteiger partial charge is 0.262 e. The van der Waals surface area contributed by atoms with Gasteiger partial charge in [0, 0.05) is 52.0 Å². The molecule has 0 atom stereocenters. The molecule has 5 rings (SSSR count). The van der Waals surface area contributed by atoms with Gasteiger partial charge in [0.05, 0.1) is 11.1 Å². The first-order valence-corrected chi connectivity index (χ1v) is 14.0. The van der Waals surface area contributed by atoms with Crippen molar-refractivity contribution >= 4 is 50.7 Å². The summed E-state index contributed by atoms with van der Waals surface area (Å²) in [6.07, 6.45) is 4.10. The zero-order chi connectivity index (χ0) is 26.8. The molecule has 2 aromatic carbocycles. The van der Waals surface area contributed by atoms with Crippen LogP contribution in [0.15, 0.2) is 63.4 Å². The van der Waals surface area contributed by atoms with Crippen LogP contribution in [0, 0.1) is 0 Å². The Hall–Kier alpha value is -3.10. The first-order valence-electron chi connectivity index (χ1n) is 12.8. The summed E-state index contributed by atoms with van der Waals surface area (Å²) in [7, 11) is 0. The van der Waals surface area contributed by atoms with Crippen LogP contribution in [-0.2, 0) is 14.4 Å². The maximum Gasteiger partial charge on any atom is 0.262 e. The summed E-state index contributed by atoms with van der Waals surface area (Å²) in [5, 5.41) is 6.79. The number of anilines is 1. The van der Waals surface area contributed by atoms with Gasteiger partial charge in [0.25, 0.3) is 5.91 Å². The van der Waals surface area contributed by atoms with Crippen molar-refractivity contribution < 1.29 is 23.9 Å². The standard InChI is InChI=1S/C29H28BrClN2O5/c1-2-37-24-14-16(13-19(30)29(24)38-15-25(36)32-18-11-9-17(31)10-12-18)26-27-20(5-3-7-22(27)34)33-21-6-4-8-23(35)28(21)26/h9-14,26,33H,2-8,15H2,1H3,(H,32,36). The molecule has 1 aliphatic heterocycles. The van der Waals surface area contributed by atoms with Crippen LogP contribution in [0.4, 0.5) is 5.69 Å². The van der Waals surface area contributed by atoms with Gasteiger partial charge in [-0.25, -0.2) is 0 Å². The molecular formula is C29H28BrClN2O5. The van der Waals surface area contributed by atoms with Crippen LogP contribution in [0.1, 0.15) is 56.9 Å². The molecule has 0 saturated heterocycles. The molecule has 7 nitrogen and oxygen atoms in total. The van der Waals surface area contributed by atoms with Gasteiger partial charge in [-0.2, -0.15) is 0 Å². The van der Waals surface area contributed by atoms with Crippen molar-refractivity contribution in [1.29, 1.82) is 0 Å². The van der Waals surface area contributed by atoms with Crippen LogP contribution in [-0.4, -0.2) is 30.7 Å². The minimum absolute atomic E-state index is 0.0713. The molecule has 9 heteroatoms. The van der Waals surface area contributed by atoms with E-state index in [2.05, 4.69) is 26.6 Å². The summed E-state index contributed by atoms with van der Waals surface area (Å²) in [4.78, 5) is 38.8. The number of ether oxygens (including phenoxy) is 2. The number of nitrogens with one attached hydrogen (secondary N) is 2. The minimum atomic E-state index is -0.459. The van der Waals surface area contributed by atoms with Gasteiger partial charge in [0.15, 0.2) is 29.7 Å². The lowest BCUT2D eigenvalue weighted by Gasteiger charge is -2.37. The van der Waals surface area contributed by atoms with Gasteiger partial charge in [-0.15, -0.1) is 0 Å². The van der Waals surface area contributed by atoms with E-state index in [9.17, 15) is 14.4 Å². The molecule has 1 amide bonds. The highest BCUT2D eigenvalue weighted by molar-refractivity contribution is 9.10. The fourth-order valence-corrected chi connectivity index (χ4v) is 6.04. The normalized spacial score (nSPS) is 17.6. The number of dihydropyridines is 1. The van der Waals surface area contributed by atoms with Crippen molar-refractivity contribution in [2.45, 2.75) is 51.4 Å². The highest BCUT2D eigenvalue weighted by Gasteiger charge is 2.40. The molecule has 0 spiro atoms. The highest BCUT2D eigenvalue weighted by Crippen LogP contribution is 2.48. The van der Waals surface area contributed by atoms with Crippen LogP contribution in [0.25, 0.3) is 0 Å². The van der Waals surface area contributed by atoms with Crippen molar-refractivity contribution in [3.05, 3.63) is 74.0 Å². The van der Waals surface area contributed by atoms with Crippen molar-refractivity contribution in [3.63, 3.8) is 0 Å². The van der Waals surface area contributed by atoms with Crippen LogP contribution in [0.5, 0.6) is 11.5 Å². The van der Waals surface area contributed by atoms with E-state index in [1.165, 1.54) is 0 Å². The molecule has 198 valence electrons. The number of halogens is 2. The van der Waals surface area contributed by atoms with E-state index in [1.807, 2.05) is 19.1 Å². The predicted octanol–water partition coefficient (Wildman–Crippen LogP) is 6.22. The van der Waals surface area contributed by atoms with E-state index in [0.29, 0.717) is 57.3 Å². The van der Waals surface area contributed by atoms with Gasteiger partial charge in [0.1, 0.15) is 0 Å². The Kier molecular flexibility index (Phi) is 7.91. The Morgan fingerprint density at radius 1 is 1.00 bits per heavy atom. The molecule has 1 heterocycles. The minimum Gasteiger partial charge on any atom is -0.490 e. The van der Waals surface area contributed by atoms with Crippen molar-refractivity contribution in [3.8, 4) is 11.5 Å². The first-order chi connectivity index (χ1) is 18.4. The Morgan fingerprint density at radius 2 is 1.63 bits per heavy atom. The summed E-state index contributed by atoms with van der Waals surface area (Å²) < 4.78 is 12.4. The summed E-state index contributed by atoms with van der Waals surface area (Å²) in [6, 6.07) is 10.5. The Balaban J connectivity index is 1.47. The van der Waals surface area contributed by atoms with Crippen LogP contribution >= 0.6 is 27.5 Å². The van der Waals surface area contributed by atoms with Gasteiger partial charge in [-0.1, -0.05) is 11.6 Å². The maximum absolute atomic E-state index is 13.2. The number of Topliss-reactive ketones (excluding diaryl/α,β-unsaturated/α-hetero) is 2. The number of carbonyl (C=O) groups is 3. The lowest BCUT2D eigenvalue weighted by atomic mass is 9.71. The van der Waals surface area contributed by atoms with E-state index in [1.54, 1.807) is 24.3 Å². The first kappa shape index (κ1) is 26.5. The third-order valence-electron chi connectivity index (χ3n) is 6.93. The third-order valence-corrected chi connectivity index (χ3v) is 7.77. The molecule has 0 unspecified atom stereocenters. The fraction of sp³-hybridized carbons (Fsp3) is 0.345. The monoisotopic (exact) mass is 598 g/mol. The molecule has 2 N–H and O–H groups in total. The predicted molar refractivity (Wildman–Crippen MR) is 149 cm³/mol. The second kappa shape index (κ2) is 11.3. The van der Waals surface area contributed by atoms with Crippen LogP contribution in [0.2, 0.25) is 5.02 Å². The van der Waals surface area contributed by atoms with Gasteiger partial charge in [-0.3, -0.25) is 14.4 Å². The molecular weight excluding hydrogens is 572 g/mol. The topological polar surface area (TPSA) is 93.7 Å². The van der Waals surface area contributed by atoms with Crippen LogP contribution < -0.4 is 20.1 Å². The molecule has 0 aromatic heterocycles. The number of ketones is 2. The van der Waals surface area contributed by atoms with E-state index < -0.39 is 5.92 Å². The molecule has 0 radical (unpaired) electrons. The number of amides is 1. The van der Waals surface area contributed by atoms with Gasteiger partial charge >= 0.3 is 0 Å². The molecule has 0 bridgehead atoms. The summed E-state index contributed by atoms with van der Waals surface area (Å²) in [6.45, 7) is 1.99. The Labute approximate surface area is 234 Å². The van der Waals surface area contributed by atoms with Gasteiger partial charge in [0.2, 0.25) is 0 Å². The zero-order valence-electron chi connectivity index (χ0n) is 21.0. The molecule has 0 fully saturated rings. The van der Waals surface area contributed by atoms with Gasteiger partial charge < -0.3 is 20.1 Å². The quantitative estimate of drug-likeness (QED) is 0.393. The fourth-order valence-electron chi connectivity index (χ4n) is 5.34. The largest absolute Gasteiger partial charge is 0.490 e. The average molecular weight is 600 g/mol. The van der Waals surface area contributed by atoms with Crippen molar-refractivity contribution in [2.24, 2.45) is 0 Å². The Bertz CT molecular complexity index is 1320. The maximum atomic E-state index is 13.2. The number of hydrogen-bond acceptors (Lipinski definition) is 6. The van der Waals surface area contributed by atoms with E-state index >= 15 is 0 Å². The number of allylic oxidation sites excluding steroid dienone is 4. The lowest BCUT2D eigenvalue weighted by molar-refractivity contribution is -0.118. The molecule has 2 aromatic rings. The number of rotatable bonds is 7. The summed E-state index contributed by atoms with van der Waals surface area (Å²) >= 11 is 9.51.